The van der Waals surface area contributed by atoms with Gasteiger partial charge in [0.25, 0.3) is 11.8 Å². The Morgan fingerprint density at radius 3 is 2.15 bits per heavy atom. The molecule has 0 aromatic heterocycles. The summed E-state index contributed by atoms with van der Waals surface area (Å²) in [6.07, 6.45) is 1.36. The Hall–Kier alpha value is -2.39. The molecule has 0 unspecified atom stereocenters. The Labute approximate surface area is 121 Å². The SMILES string of the molecule is O=C1C=C(c2ccc(Cl)cc2)C(=O)N1c1ccccc1. The predicted octanol–water partition coefficient (Wildman–Crippen LogP) is 3.30. The highest BCUT2D eigenvalue weighted by atomic mass is 35.5. The zero-order chi connectivity index (χ0) is 14.1. The highest BCUT2D eigenvalue weighted by Crippen LogP contribution is 2.28. The largest absolute Gasteiger partial charge is 0.269 e. The van der Waals surface area contributed by atoms with Gasteiger partial charge < -0.3 is 0 Å². The zero-order valence-electron chi connectivity index (χ0n) is 10.4. The second-order valence-corrected chi connectivity index (χ2v) is 4.82. The van der Waals surface area contributed by atoms with Gasteiger partial charge in [0, 0.05) is 11.1 Å². The van der Waals surface area contributed by atoms with Gasteiger partial charge in [-0.15, -0.1) is 0 Å². The summed E-state index contributed by atoms with van der Waals surface area (Å²) in [5, 5.41) is 0.589. The van der Waals surface area contributed by atoms with Gasteiger partial charge in [-0.05, 0) is 29.8 Å². The molecule has 0 saturated carbocycles. The predicted molar refractivity (Wildman–Crippen MR) is 78.4 cm³/mol. The molecule has 0 atom stereocenters. The summed E-state index contributed by atoms with van der Waals surface area (Å²) in [5.41, 5.74) is 1.64. The fourth-order valence-electron chi connectivity index (χ4n) is 2.13. The van der Waals surface area contributed by atoms with Crippen molar-refractivity contribution in [3.63, 3.8) is 0 Å². The first kappa shape index (κ1) is 12.6. The number of rotatable bonds is 2. The molecule has 0 aliphatic carbocycles. The van der Waals surface area contributed by atoms with Crippen LogP contribution in [0.5, 0.6) is 0 Å². The van der Waals surface area contributed by atoms with E-state index in [4.69, 9.17) is 11.6 Å². The van der Waals surface area contributed by atoms with Crippen LogP contribution in [0.15, 0.2) is 60.7 Å². The van der Waals surface area contributed by atoms with Gasteiger partial charge in [0.05, 0.1) is 11.3 Å². The topological polar surface area (TPSA) is 37.4 Å². The maximum absolute atomic E-state index is 12.4. The third-order valence-electron chi connectivity index (χ3n) is 3.09. The van der Waals surface area contributed by atoms with Gasteiger partial charge in [0.15, 0.2) is 0 Å². The van der Waals surface area contributed by atoms with Gasteiger partial charge in [-0.25, -0.2) is 4.90 Å². The van der Waals surface area contributed by atoms with E-state index in [-0.39, 0.29) is 11.8 Å². The standard InChI is InChI=1S/C16H10ClNO2/c17-12-8-6-11(7-9-12)14-10-15(19)18(16(14)20)13-4-2-1-3-5-13/h1-10H. The highest BCUT2D eigenvalue weighted by Gasteiger charge is 2.32. The van der Waals surface area contributed by atoms with Gasteiger partial charge in [-0.1, -0.05) is 41.9 Å². The smallest absolute Gasteiger partial charge is 0.266 e. The minimum atomic E-state index is -0.328. The third kappa shape index (κ3) is 2.12. The fourth-order valence-corrected chi connectivity index (χ4v) is 2.25. The van der Waals surface area contributed by atoms with E-state index in [1.54, 1.807) is 48.5 Å². The Morgan fingerprint density at radius 1 is 0.850 bits per heavy atom. The third-order valence-corrected chi connectivity index (χ3v) is 3.34. The summed E-state index contributed by atoms with van der Waals surface area (Å²) in [6, 6.07) is 15.7. The number of nitrogens with zero attached hydrogens (tertiary/aromatic N) is 1. The Balaban J connectivity index is 1.97. The molecule has 0 saturated heterocycles. The van der Waals surface area contributed by atoms with Crippen molar-refractivity contribution in [1.29, 1.82) is 0 Å². The van der Waals surface area contributed by atoms with Crippen molar-refractivity contribution in [2.75, 3.05) is 4.90 Å². The van der Waals surface area contributed by atoms with E-state index in [0.29, 0.717) is 21.8 Å². The Morgan fingerprint density at radius 2 is 1.50 bits per heavy atom. The minimum absolute atomic E-state index is 0.316. The molecule has 0 N–H and O–H groups in total. The molecule has 0 bridgehead atoms. The molecule has 1 heterocycles. The molecule has 20 heavy (non-hydrogen) atoms. The van der Waals surface area contributed by atoms with Gasteiger partial charge in [0.1, 0.15) is 0 Å². The van der Waals surface area contributed by atoms with Crippen LogP contribution < -0.4 is 4.90 Å². The number of hydrogen-bond donors (Lipinski definition) is 0. The van der Waals surface area contributed by atoms with E-state index in [1.165, 1.54) is 11.0 Å². The zero-order valence-corrected chi connectivity index (χ0v) is 11.2. The number of imide groups is 1. The van der Waals surface area contributed by atoms with Crippen LogP contribution in [0.4, 0.5) is 5.69 Å². The molecular weight excluding hydrogens is 274 g/mol. The minimum Gasteiger partial charge on any atom is -0.269 e. The van der Waals surface area contributed by atoms with Crippen LogP contribution >= 0.6 is 11.6 Å². The van der Waals surface area contributed by atoms with Gasteiger partial charge in [-0.2, -0.15) is 0 Å². The van der Waals surface area contributed by atoms with Crippen LogP contribution in [0, 0.1) is 0 Å². The maximum Gasteiger partial charge on any atom is 0.266 e. The molecule has 0 spiro atoms. The number of carbonyl (C=O) groups is 2. The van der Waals surface area contributed by atoms with Crippen molar-refractivity contribution in [2.24, 2.45) is 0 Å². The number of anilines is 1. The van der Waals surface area contributed by atoms with Crippen LogP contribution in [-0.2, 0) is 9.59 Å². The summed E-state index contributed by atoms with van der Waals surface area (Å²) in [6.45, 7) is 0. The van der Waals surface area contributed by atoms with Gasteiger partial charge in [-0.3, -0.25) is 9.59 Å². The average molecular weight is 284 g/mol. The molecular formula is C16H10ClNO2. The lowest BCUT2D eigenvalue weighted by molar-refractivity contribution is -0.119. The lowest BCUT2D eigenvalue weighted by Crippen LogP contribution is -2.30. The molecule has 2 amide bonds. The first-order valence-electron chi connectivity index (χ1n) is 6.08. The summed E-state index contributed by atoms with van der Waals surface area (Å²) in [7, 11) is 0. The quantitative estimate of drug-likeness (QED) is 0.793. The summed E-state index contributed by atoms with van der Waals surface area (Å²) >= 11 is 5.83. The van der Waals surface area contributed by atoms with E-state index < -0.39 is 0 Å². The number of amides is 2. The molecule has 0 radical (unpaired) electrons. The molecule has 4 heteroatoms. The van der Waals surface area contributed by atoms with Gasteiger partial charge in [0.2, 0.25) is 0 Å². The van der Waals surface area contributed by atoms with Crippen LogP contribution in [-0.4, -0.2) is 11.8 Å². The van der Waals surface area contributed by atoms with Crippen molar-refractivity contribution in [3.8, 4) is 0 Å². The number of benzene rings is 2. The Bertz CT molecular complexity index is 705. The average Bonchev–Trinajstić information content (AvgIpc) is 2.76. The van der Waals surface area contributed by atoms with E-state index in [0.717, 1.165) is 0 Å². The van der Waals surface area contributed by atoms with Crippen LogP contribution in [0.2, 0.25) is 5.02 Å². The first-order chi connectivity index (χ1) is 9.66. The second kappa shape index (κ2) is 4.94. The number of para-hydroxylation sites is 1. The van der Waals surface area contributed by atoms with Crippen molar-refractivity contribution >= 4 is 34.7 Å². The Kier molecular flexibility index (Phi) is 3.12. The van der Waals surface area contributed by atoms with Crippen LogP contribution in [0.1, 0.15) is 5.56 Å². The van der Waals surface area contributed by atoms with E-state index >= 15 is 0 Å². The van der Waals surface area contributed by atoms with Crippen molar-refractivity contribution < 1.29 is 9.59 Å². The second-order valence-electron chi connectivity index (χ2n) is 4.38. The van der Waals surface area contributed by atoms with Crippen molar-refractivity contribution in [3.05, 3.63) is 71.3 Å². The summed E-state index contributed by atoms with van der Waals surface area (Å²) < 4.78 is 0. The van der Waals surface area contributed by atoms with Crippen molar-refractivity contribution in [1.82, 2.24) is 0 Å². The summed E-state index contributed by atoms with van der Waals surface area (Å²) in [5.74, 6) is -0.644. The van der Waals surface area contributed by atoms with Gasteiger partial charge >= 0.3 is 0 Å². The number of carbonyl (C=O) groups excluding carboxylic acids is 2. The molecule has 2 aromatic carbocycles. The molecule has 3 nitrogen and oxygen atoms in total. The molecule has 0 fully saturated rings. The summed E-state index contributed by atoms with van der Waals surface area (Å²) in [4.78, 5) is 25.6. The highest BCUT2D eigenvalue weighted by molar-refractivity contribution is 6.43. The molecule has 1 aliphatic rings. The van der Waals surface area contributed by atoms with E-state index in [9.17, 15) is 9.59 Å². The molecule has 2 aromatic rings. The van der Waals surface area contributed by atoms with Crippen molar-refractivity contribution in [2.45, 2.75) is 0 Å². The number of halogens is 1. The monoisotopic (exact) mass is 283 g/mol. The molecule has 98 valence electrons. The van der Waals surface area contributed by atoms with Crippen LogP contribution in [0.25, 0.3) is 5.57 Å². The lowest BCUT2D eigenvalue weighted by Gasteiger charge is -2.14. The maximum atomic E-state index is 12.4. The number of hydrogen-bond acceptors (Lipinski definition) is 2. The van der Waals surface area contributed by atoms with E-state index in [2.05, 4.69) is 0 Å². The normalized spacial score (nSPS) is 14.7. The molecule has 1 aliphatic heterocycles. The van der Waals surface area contributed by atoms with E-state index in [1.807, 2.05) is 6.07 Å². The van der Waals surface area contributed by atoms with Crippen LogP contribution in [0.3, 0.4) is 0 Å². The first-order valence-corrected chi connectivity index (χ1v) is 6.46. The lowest BCUT2D eigenvalue weighted by atomic mass is 10.1. The fraction of sp³-hybridized carbons (Fsp3) is 0. The molecule has 3 rings (SSSR count).